The van der Waals surface area contributed by atoms with Crippen LogP contribution in [0.4, 0.5) is 5.69 Å². The van der Waals surface area contributed by atoms with Crippen LogP contribution in [0.1, 0.15) is 41.0 Å². The Bertz CT molecular complexity index is 1180. The summed E-state index contributed by atoms with van der Waals surface area (Å²) >= 11 is 0. The molecule has 166 valence electrons. The van der Waals surface area contributed by atoms with Gasteiger partial charge in [-0.1, -0.05) is 17.3 Å². The van der Waals surface area contributed by atoms with Crippen LogP contribution in [0.5, 0.6) is 0 Å². The van der Waals surface area contributed by atoms with Gasteiger partial charge in [-0.3, -0.25) is 9.59 Å². The third-order valence-electron chi connectivity index (χ3n) is 4.42. The van der Waals surface area contributed by atoms with Crippen molar-refractivity contribution in [3.05, 3.63) is 63.9 Å². The van der Waals surface area contributed by atoms with Crippen LogP contribution in [0.3, 0.4) is 0 Å². The first-order chi connectivity index (χ1) is 15.4. The predicted octanol–water partition coefficient (Wildman–Crippen LogP) is 2.17. The number of carbonyl (C=O) groups excluding carboxylic acids is 3. The third kappa shape index (κ3) is 5.34. The Balaban J connectivity index is 1.76. The second-order valence-corrected chi connectivity index (χ2v) is 6.67. The van der Waals surface area contributed by atoms with Crippen LogP contribution in [-0.2, 0) is 20.8 Å². The number of amides is 1. The van der Waals surface area contributed by atoms with E-state index in [0.29, 0.717) is 10.9 Å². The molecule has 0 atom stereocenters. The molecule has 0 saturated heterocycles. The molecule has 10 heteroatoms. The molecule has 0 bridgehead atoms. The summed E-state index contributed by atoms with van der Waals surface area (Å²) in [5.74, 6) is -1.71. The zero-order valence-electron chi connectivity index (χ0n) is 17.7. The highest BCUT2D eigenvalue weighted by Gasteiger charge is 2.16. The highest BCUT2D eigenvalue weighted by Crippen LogP contribution is 2.18. The maximum Gasteiger partial charge on any atom is 0.338 e. The maximum atomic E-state index is 12.5. The largest absolute Gasteiger partial charge is 0.462 e. The first-order valence-electron chi connectivity index (χ1n) is 10.0. The van der Waals surface area contributed by atoms with E-state index in [1.807, 2.05) is 0 Å². The normalized spacial score (nSPS) is 10.6. The standard InChI is InChI=1S/C22H22N4O6/c1-3-31-21(29)14-11-15(22(30)32-4-2)13-16(12-14)23-19(27)9-10-26-20(28)17-7-5-6-8-18(17)24-25-26/h5-8,11-13H,3-4,9-10H2,1-2H3,(H,23,27). The number of nitrogens with zero attached hydrogens (tertiary/aromatic N) is 3. The van der Waals surface area contributed by atoms with Crippen molar-refractivity contribution in [2.75, 3.05) is 18.5 Å². The summed E-state index contributed by atoms with van der Waals surface area (Å²) in [4.78, 5) is 49.2. The minimum absolute atomic E-state index is 0.00476. The molecule has 1 heterocycles. The lowest BCUT2D eigenvalue weighted by Crippen LogP contribution is -2.26. The van der Waals surface area contributed by atoms with E-state index in [4.69, 9.17) is 9.47 Å². The summed E-state index contributed by atoms with van der Waals surface area (Å²) in [5.41, 5.74) is 0.548. The quantitative estimate of drug-likeness (QED) is 0.530. The fourth-order valence-corrected chi connectivity index (χ4v) is 2.97. The summed E-state index contributed by atoms with van der Waals surface area (Å²) in [5, 5.41) is 10.9. The van der Waals surface area contributed by atoms with Crippen LogP contribution >= 0.6 is 0 Å². The summed E-state index contributed by atoms with van der Waals surface area (Å²) in [7, 11) is 0. The number of esters is 2. The lowest BCUT2D eigenvalue weighted by atomic mass is 10.1. The van der Waals surface area contributed by atoms with Gasteiger partial charge in [0.25, 0.3) is 5.56 Å². The van der Waals surface area contributed by atoms with Gasteiger partial charge in [-0.2, -0.15) is 0 Å². The van der Waals surface area contributed by atoms with E-state index in [-0.39, 0.29) is 48.6 Å². The molecule has 0 radical (unpaired) electrons. The lowest BCUT2D eigenvalue weighted by molar-refractivity contribution is -0.116. The Morgan fingerprint density at radius 3 is 2.22 bits per heavy atom. The molecule has 0 saturated carbocycles. The van der Waals surface area contributed by atoms with Gasteiger partial charge in [0, 0.05) is 12.1 Å². The molecule has 1 N–H and O–H groups in total. The van der Waals surface area contributed by atoms with Gasteiger partial charge in [-0.15, -0.1) is 5.10 Å². The van der Waals surface area contributed by atoms with Crippen molar-refractivity contribution in [2.24, 2.45) is 0 Å². The molecule has 0 unspecified atom stereocenters. The van der Waals surface area contributed by atoms with Gasteiger partial charge in [-0.05, 0) is 44.2 Å². The van der Waals surface area contributed by atoms with Crippen molar-refractivity contribution in [3.63, 3.8) is 0 Å². The van der Waals surface area contributed by atoms with Gasteiger partial charge in [0.05, 0.1) is 36.3 Å². The number of rotatable bonds is 8. The van der Waals surface area contributed by atoms with Crippen LogP contribution in [0.2, 0.25) is 0 Å². The molecule has 0 aliphatic heterocycles. The number of ether oxygens (including phenoxy) is 2. The van der Waals surface area contributed by atoms with Crippen LogP contribution < -0.4 is 10.9 Å². The molecule has 2 aromatic carbocycles. The average molecular weight is 438 g/mol. The lowest BCUT2D eigenvalue weighted by Gasteiger charge is -2.11. The second-order valence-electron chi connectivity index (χ2n) is 6.67. The van der Waals surface area contributed by atoms with Crippen molar-refractivity contribution in [2.45, 2.75) is 26.8 Å². The van der Waals surface area contributed by atoms with E-state index < -0.39 is 17.8 Å². The van der Waals surface area contributed by atoms with Gasteiger partial charge in [0.1, 0.15) is 5.52 Å². The highest BCUT2D eigenvalue weighted by atomic mass is 16.5. The smallest absolute Gasteiger partial charge is 0.338 e. The van der Waals surface area contributed by atoms with Gasteiger partial charge in [0.2, 0.25) is 5.91 Å². The summed E-state index contributed by atoms with van der Waals surface area (Å²) in [6.07, 6.45) is -0.0781. The molecule has 32 heavy (non-hydrogen) atoms. The molecule has 0 spiro atoms. The van der Waals surface area contributed by atoms with Crippen molar-refractivity contribution < 1.29 is 23.9 Å². The summed E-state index contributed by atoms with van der Waals surface area (Å²) in [6, 6.07) is 10.9. The number of aromatic nitrogens is 3. The highest BCUT2D eigenvalue weighted by molar-refractivity contribution is 5.99. The number of anilines is 1. The summed E-state index contributed by atoms with van der Waals surface area (Å²) in [6.45, 7) is 3.64. The number of hydrogen-bond acceptors (Lipinski definition) is 8. The minimum Gasteiger partial charge on any atom is -0.462 e. The van der Waals surface area contributed by atoms with Crippen molar-refractivity contribution in [3.8, 4) is 0 Å². The zero-order valence-corrected chi connectivity index (χ0v) is 17.7. The molecule has 3 rings (SSSR count). The van der Waals surface area contributed by atoms with Crippen molar-refractivity contribution >= 4 is 34.4 Å². The van der Waals surface area contributed by atoms with E-state index in [2.05, 4.69) is 15.6 Å². The Labute approximate surface area is 183 Å². The zero-order chi connectivity index (χ0) is 23.1. The molecular formula is C22H22N4O6. The molecule has 1 amide bonds. The van der Waals surface area contributed by atoms with Crippen molar-refractivity contribution in [1.82, 2.24) is 15.0 Å². The number of hydrogen-bond donors (Lipinski definition) is 1. The molecule has 0 aliphatic carbocycles. The number of aryl methyl sites for hydroxylation is 1. The van der Waals surface area contributed by atoms with Crippen LogP contribution in [0.25, 0.3) is 10.9 Å². The van der Waals surface area contributed by atoms with E-state index in [1.165, 1.54) is 18.2 Å². The van der Waals surface area contributed by atoms with Gasteiger partial charge < -0.3 is 14.8 Å². The SMILES string of the molecule is CCOC(=O)c1cc(NC(=O)CCn2nnc3ccccc3c2=O)cc(C(=O)OCC)c1. The average Bonchev–Trinajstić information content (AvgIpc) is 2.79. The van der Waals surface area contributed by atoms with E-state index in [9.17, 15) is 19.2 Å². The van der Waals surface area contributed by atoms with Gasteiger partial charge >= 0.3 is 11.9 Å². The fraction of sp³-hybridized carbons (Fsp3) is 0.273. The first-order valence-corrected chi connectivity index (χ1v) is 10.0. The number of benzene rings is 2. The minimum atomic E-state index is -0.632. The number of fused-ring (bicyclic) bond motifs is 1. The third-order valence-corrected chi connectivity index (χ3v) is 4.42. The second kappa shape index (κ2) is 10.3. The topological polar surface area (TPSA) is 129 Å². The summed E-state index contributed by atoms with van der Waals surface area (Å²) < 4.78 is 11.1. The van der Waals surface area contributed by atoms with Crippen LogP contribution in [0.15, 0.2) is 47.3 Å². The Morgan fingerprint density at radius 2 is 1.59 bits per heavy atom. The Kier molecular flexibility index (Phi) is 7.27. The van der Waals surface area contributed by atoms with Crippen molar-refractivity contribution in [1.29, 1.82) is 0 Å². The van der Waals surface area contributed by atoms with E-state index in [0.717, 1.165) is 4.68 Å². The molecule has 0 aliphatic rings. The Morgan fingerprint density at radius 1 is 0.969 bits per heavy atom. The number of nitrogens with one attached hydrogen (secondary N) is 1. The molecule has 10 nitrogen and oxygen atoms in total. The molecule has 3 aromatic rings. The molecular weight excluding hydrogens is 416 g/mol. The molecule has 1 aromatic heterocycles. The fourth-order valence-electron chi connectivity index (χ4n) is 2.97. The van der Waals surface area contributed by atoms with Crippen LogP contribution in [-0.4, -0.2) is 46.1 Å². The van der Waals surface area contributed by atoms with Crippen LogP contribution in [0, 0.1) is 0 Å². The maximum absolute atomic E-state index is 12.5. The van der Waals surface area contributed by atoms with E-state index in [1.54, 1.807) is 38.1 Å². The first kappa shape index (κ1) is 22.6. The monoisotopic (exact) mass is 438 g/mol. The van der Waals surface area contributed by atoms with Gasteiger partial charge in [-0.25, -0.2) is 14.3 Å². The van der Waals surface area contributed by atoms with Gasteiger partial charge in [0.15, 0.2) is 0 Å². The van der Waals surface area contributed by atoms with E-state index >= 15 is 0 Å². The number of carbonyl (C=O) groups is 3. The Hall–Kier alpha value is -4.08. The predicted molar refractivity (Wildman–Crippen MR) is 115 cm³/mol. The molecule has 0 fully saturated rings.